The van der Waals surface area contributed by atoms with Crippen LogP contribution in [0.2, 0.25) is 0 Å². The van der Waals surface area contributed by atoms with Crippen molar-refractivity contribution in [1.82, 2.24) is 9.62 Å². The van der Waals surface area contributed by atoms with Gasteiger partial charge in [0.25, 0.3) is 0 Å². The highest BCUT2D eigenvalue weighted by atomic mass is 32.2. The van der Waals surface area contributed by atoms with Crippen LogP contribution in [0.4, 0.5) is 4.39 Å². The monoisotopic (exact) mass is 422 g/mol. The Morgan fingerprint density at radius 1 is 1.10 bits per heavy atom. The quantitative estimate of drug-likeness (QED) is 0.705. The summed E-state index contributed by atoms with van der Waals surface area (Å²) in [5, 5.41) is 0. The van der Waals surface area contributed by atoms with Crippen molar-refractivity contribution in [3.63, 3.8) is 0 Å². The molecule has 1 aliphatic heterocycles. The van der Waals surface area contributed by atoms with Crippen molar-refractivity contribution in [1.29, 1.82) is 0 Å². The molecule has 0 aromatic heterocycles. The summed E-state index contributed by atoms with van der Waals surface area (Å²) in [6.45, 7) is 0.949. The molecule has 1 fully saturated rings. The van der Waals surface area contributed by atoms with E-state index in [4.69, 9.17) is 9.47 Å². The van der Waals surface area contributed by atoms with E-state index in [0.717, 1.165) is 5.56 Å². The molecule has 1 aliphatic rings. The Hall–Kier alpha value is -2.65. The minimum atomic E-state index is -3.76. The van der Waals surface area contributed by atoms with Gasteiger partial charge < -0.3 is 14.4 Å². The van der Waals surface area contributed by atoms with E-state index in [1.165, 1.54) is 44.6 Å². The number of nitrogens with one attached hydrogen (secondary N) is 1. The maximum atomic E-state index is 13.0. The van der Waals surface area contributed by atoms with Crippen molar-refractivity contribution in [3.05, 3.63) is 53.8 Å². The van der Waals surface area contributed by atoms with Crippen LogP contribution in [0.15, 0.2) is 47.4 Å². The van der Waals surface area contributed by atoms with Crippen LogP contribution in [-0.2, 0) is 21.4 Å². The molecule has 1 amide bonds. The van der Waals surface area contributed by atoms with Crippen LogP contribution in [0.3, 0.4) is 0 Å². The fourth-order valence-corrected chi connectivity index (χ4v) is 4.38. The van der Waals surface area contributed by atoms with Gasteiger partial charge in [0, 0.05) is 32.1 Å². The lowest BCUT2D eigenvalue weighted by atomic mass is 10.1. The summed E-state index contributed by atoms with van der Waals surface area (Å²) >= 11 is 0. The Morgan fingerprint density at radius 2 is 1.79 bits per heavy atom. The fraction of sp³-hybridized carbons (Fsp3) is 0.350. The molecule has 0 saturated carbocycles. The third-order valence-corrected chi connectivity index (χ3v) is 6.23. The number of nitrogens with zero attached hydrogens (tertiary/aromatic N) is 1. The topological polar surface area (TPSA) is 84.9 Å². The van der Waals surface area contributed by atoms with Crippen LogP contribution in [0.25, 0.3) is 0 Å². The van der Waals surface area contributed by atoms with Crippen molar-refractivity contribution in [2.45, 2.75) is 17.9 Å². The number of ether oxygens (including phenoxy) is 2. The number of likely N-dealkylation sites (tertiary alicyclic amines) is 1. The van der Waals surface area contributed by atoms with Crippen molar-refractivity contribution < 1.29 is 27.1 Å². The maximum Gasteiger partial charge on any atom is 0.240 e. The molecule has 1 unspecified atom stereocenters. The largest absolute Gasteiger partial charge is 0.493 e. The van der Waals surface area contributed by atoms with Gasteiger partial charge in [0.05, 0.1) is 19.1 Å². The minimum Gasteiger partial charge on any atom is -0.493 e. The van der Waals surface area contributed by atoms with Gasteiger partial charge in [-0.05, 0) is 35.7 Å². The molecular formula is C20H23FN2O5S. The van der Waals surface area contributed by atoms with Gasteiger partial charge in [0.15, 0.2) is 11.5 Å². The number of benzene rings is 2. The zero-order valence-corrected chi connectivity index (χ0v) is 17.0. The number of halogens is 1. The highest BCUT2D eigenvalue weighted by Gasteiger charge is 2.30. The third kappa shape index (κ3) is 5.04. The number of carbonyl (C=O) groups is 1. The second-order valence-corrected chi connectivity index (χ2v) is 8.61. The third-order valence-electron chi connectivity index (χ3n) is 4.81. The molecule has 2 aromatic rings. The predicted molar refractivity (Wildman–Crippen MR) is 105 cm³/mol. The number of amides is 1. The van der Waals surface area contributed by atoms with E-state index in [2.05, 4.69) is 4.72 Å². The standard InChI is InChI=1S/C20H23FN2O5S/c1-27-18-8-7-17(10-19(18)28-2)29(25,26)22-11-15-9-20(24)23(13-15)12-14-3-5-16(21)6-4-14/h3-8,10,15,22H,9,11-13H2,1-2H3. The summed E-state index contributed by atoms with van der Waals surface area (Å²) in [7, 11) is -0.858. The SMILES string of the molecule is COc1ccc(S(=O)(=O)NCC2CC(=O)N(Cc3ccc(F)cc3)C2)cc1OC. The van der Waals surface area contributed by atoms with Gasteiger partial charge in [-0.15, -0.1) is 0 Å². The number of sulfonamides is 1. The predicted octanol–water partition coefficient (Wildman–Crippen LogP) is 2.17. The smallest absolute Gasteiger partial charge is 0.240 e. The lowest BCUT2D eigenvalue weighted by Crippen LogP contribution is -2.31. The van der Waals surface area contributed by atoms with E-state index in [9.17, 15) is 17.6 Å². The highest BCUT2D eigenvalue weighted by Crippen LogP contribution is 2.29. The average Bonchev–Trinajstić information content (AvgIpc) is 3.07. The van der Waals surface area contributed by atoms with Gasteiger partial charge in [-0.2, -0.15) is 0 Å². The van der Waals surface area contributed by atoms with Crippen LogP contribution in [0.1, 0.15) is 12.0 Å². The number of carbonyl (C=O) groups excluding carboxylic acids is 1. The van der Waals surface area contributed by atoms with Gasteiger partial charge in [-0.1, -0.05) is 12.1 Å². The zero-order chi connectivity index (χ0) is 21.0. The van der Waals surface area contributed by atoms with Crippen LogP contribution < -0.4 is 14.2 Å². The molecule has 1 N–H and O–H groups in total. The fourth-order valence-electron chi connectivity index (χ4n) is 3.25. The van der Waals surface area contributed by atoms with Crippen LogP contribution in [0.5, 0.6) is 11.5 Å². The Labute approximate surface area is 169 Å². The van der Waals surface area contributed by atoms with Crippen LogP contribution >= 0.6 is 0 Å². The van der Waals surface area contributed by atoms with Crippen LogP contribution in [0, 0.1) is 11.7 Å². The zero-order valence-electron chi connectivity index (χ0n) is 16.2. The molecule has 0 aliphatic carbocycles. The average molecular weight is 422 g/mol. The first-order chi connectivity index (χ1) is 13.8. The summed E-state index contributed by atoms with van der Waals surface area (Å²) in [6, 6.07) is 10.3. The van der Waals surface area contributed by atoms with Crippen molar-refractivity contribution in [2.24, 2.45) is 5.92 Å². The van der Waals surface area contributed by atoms with Gasteiger partial charge in [-0.3, -0.25) is 4.79 Å². The van der Waals surface area contributed by atoms with Crippen LogP contribution in [-0.4, -0.2) is 46.5 Å². The van der Waals surface area contributed by atoms with Crippen molar-refractivity contribution in [3.8, 4) is 11.5 Å². The van der Waals surface area contributed by atoms with Crippen molar-refractivity contribution in [2.75, 3.05) is 27.3 Å². The van der Waals surface area contributed by atoms with E-state index in [-0.39, 0.29) is 35.5 Å². The molecule has 3 rings (SSSR count). The van der Waals surface area contributed by atoms with Crippen molar-refractivity contribution >= 4 is 15.9 Å². The van der Waals surface area contributed by atoms with Gasteiger partial charge in [-0.25, -0.2) is 17.5 Å². The molecule has 2 aromatic carbocycles. The van der Waals surface area contributed by atoms with E-state index in [1.54, 1.807) is 17.0 Å². The lowest BCUT2D eigenvalue weighted by molar-refractivity contribution is -0.128. The van der Waals surface area contributed by atoms with Gasteiger partial charge >= 0.3 is 0 Å². The molecule has 0 radical (unpaired) electrons. The first kappa shape index (κ1) is 21.1. The molecule has 9 heteroatoms. The molecule has 7 nitrogen and oxygen atoms in total. The Kier molecular flexibility index (Phi) is 6.39. The van der Waals surface area contributed by atoms with Gasteiger partial charge in [0.1, 0.15) is 5.82 Å². The van der Waals surface area contributed by atoms with E-state index < -0.39 is 10.0 Å². The molecule has 1 atom stereocenters. The van der Waals surface area contributed by atoms with E-state index in [0.29, 0.717) is 24.6 Å². The normalized spacial score (nSPS) is 16.9. The van der Waals surface area contributed by atoms with Gasteiger partial charge in [0.2, 0.25) is 15.9 Å². The number of hydrogen-bond donors (Lipinski definition) is 1. The summed E-state index contributed by atoms with van der Waals surface area (Å²) < 4.78 is 51.1. The maximum absolute atomic E-state index is 13.0. The minimum absolute atomic E-state index is 0.0513. The Bertz CT molecular complexity index is 979. The molecule has 1 saturated heterocycles. The molecule has 29 heavy (non-hydrogen) atoms. The Morgan fingerprint density at radius 3 is 2.45 bits per heavy atom. The van der Waals surface area contributed by atoms with E-state index >= 15 is 0 Å². The molecular weight excluding hydrogens is 399 g/mol. The molecule has 1 heterocycles. The number of rotatable bonds is 8. The molecule has 0 bridgehead atoms. The number of hydrogen-bond acceptors (Lipinski definition) is 5. The summed E-state index contributed by atoms with van der Waals surface area (Å²) in [5.41, 5.74) is 0.825. The second kappa shape index (κ2) is 8.79. The summed E-state index contributed by atoms with van der Waals surface area (Å²) in [6.07, 6.45) is 0.260. The lowest BCUT2D eigenvalue weighted by Gasteiger charge is -2.17. The van der Waals surface area contributed by atoms with E-state index in [1.807, 2.05) is 0 Å². The number of methoxy groups -OCH3 is 2. The summed E-state index contributed by atoms with van der Waals surface area (Å²) in [4.78, 5) is 14.0. The highest BCUT2D eigenvalue weighted by molar-refractivity contribution is 7.89. The molecule has 0 spiro atoms. The second-order valence-electron chi connectivity index (χ2n) is 6.84. The first-order valence-corrected chi connectivity index (χ1v) is 10.5. The first-order valence-electron chi connectivity index (χ1n) is 9.06. The Balaban J connectivity index is 1.61. The molecule has 156 valence electrons. The summed E-state index contributed by atoms with van der Waals surface area (Å²) in [5.74, 6) is 0.229.